The van der Waals surface area contributed by atoms with Crippen molar-refractivity contribution >= 4 is 34.0 Å². The fraction of sp³-hybridized carbons (Fsp3) is 0.278. The van der Waals surface area contributed by atoms with E-state index in [4.69, 9.17) is 4.74 Å². The molecule has 0 spiro atoms. The molecule has 0 unspecified atom stereocenters. The molecular formula is C18H19N3O3S. The van der Waals surface area contributed by atoms with Crippen molar-refractivity contribution in [2.75, 3.05) is 10.6 Å². The van der Waals surface area contributed by atoms with Crippen LogP contribution in [0.25, 0.3) is 0 Å². The third-order valence-electron chi connectivity index (χ3n) is 3.83. The van der Waals surface area contributed by atoms with Gasteiger partial charge in [0.1, 0.15) is 0 Å². The van der Waals surface area contributed by atoms with Crippen LogP contribution in [0, 0.1) is 0 Å². The normalized spacial score (nSPS) is 19.0. The molecule has 0 radical (unpaired) electrons. The number of nitrogens with one attached hydrogen (secondary N) is 2. The monoisotopic (exact) mass is 357 g/mol. The summed E-state index contributed by atoms with van der Waals surface area (Å²) in [5.74, 6) is -0.537. The fourth-order valence-electron chi connectivity index (χ4n) is 2.68. The van der Waals surface area contributed by atoms with Gasteiger partial charge >= 0.3 is 0 Å². The molecule has 1 aromatic carbocycles. The lowest BCUT2D eigenvalue weighted by molar-refractivity contribution is -0.111. The first-order valence-electron chi connectivity index (χ1n) is 7.96. The Balaban J connectivity index is 1.69. The van der Waals surface area contributed by atoms with Crippen molar-refractivity contribution in [2.45, 2.75) is 32.5 Å². The van der Waals surface area contributed by atoms with Crippen LogP contribution in [0.5, 0.6) is 0 Å². The zero-order valence-corrected chi connectivity index (χ0v) is 14.9. The third kappa shape index (κ3) is 3.94. The molecule has 2 heterocycles. The first-order chi connectivity index (χ1) is 12.0. The number of benzene rings is 1. The summed E-state index contributed by atoms with van der Waals surface area (Å²) in [4.78, 5) is 29.2. The van der Waals surface area contributed by atoms with Gasteiger partial charge in [0.15, 0.2) is 5.13 Å². The van der Waals surface area contributed by atoms with Gasteiger partial charge in [-0.15, -0.1) is 0 Å². The lowest BCUT2D eigenvalue weighted by Gasteiger charge is -2.23. The summed E-state index contributed by atoms with van der Waals surface area (Å²) in [6.07, 6.45) is 2.07. The van der Waals surface area contributed by atoms with Gasteiger partial charge in [-0.25, -0.2) is 4.98 Å². The zero-order valence-electron chi connectivity index (χ0n) is 14.0. The molecule has 1 aromatic heterocycles. The first kappa shape index (κ1) is 17.3. The van der Waals surface area contributed by atoms with Crippen molar-refractivity contribution < 1.29 is 14.3 Å². The number of carbonyl (C=O) groups excluding carboxylic acids is 2. The molecule has 1 aliphatic heterocycles. The van der Waals surface area contributed by atoms with Crippen LogP contribution < -0.4 is 10.6 Å². The lowest BCUT2D eigenvalue weighted by atomic mass is 10.1. The standard InChI is InChI=1S/C18H19N3O3S/c1-4-15(22)19-13-7-5-12(6-8-13)17(23)21-18-20-14-9-10(2)24-11(3)16(14)25-18/h4-8,10-11H,1,9H2,2-3H3,(H,19,22)(H,20,21,23)/t10-,11+/m1/s1. The highest BCUT2D eigenvalue weighted by molar-refractivity contribution is 7.16. The number of amides is 2. The largest absolute Gasteiger partial charge is 0.370 e. The van der Waals surface area contributed by atoms with Crippen LogP contribution in [0.2, 0.25) is 0 Å². The highest BCUT2D eigenvalue weighted by Crippen LogP contribution is 2.36. The lowest BCUT2D eigenvalue weighted by Crippen LogP contribution is -2.20. The first-order valence-corrected chi connectivity index (χ1v) is 8.78. The summed E-state index contributed by atoms with van der Waals surface area (Å²) in [6.45, 7) is 7.41. The minimum atomic E-state index is -0.295. The number of ether oxygens (including phenoxy) is 1. The minimum Gasteiger partial charge on any atom is -0.370 e. The van der Waals surface area contributed by atoms with Gasteiger partial charge in [-0.2, -0.15) is 0 Å². The van der Waals surface area contributed by atoms with Gasteiger partial charge in [0.05, 0.1) is 22.8 Å². The molecule has 3 rings (SSSR count). The fourth-order valence-corrected chi connectivity index (χ4v) is 3.66. The van der Waals surface area contributed by atoms with Crippen molar-refractivity contribution in [3.63, 3.8) is 0 Å². The molecule has 25 heavy (non-hydrogen) atoms. The molecule has 0 saturated carbocycles. The Labute approximate surface area is 149 Å². The Morgan fingerprint density at radius 3 is 2.68 bits per heavy atom. The van der Waals surface area contributed by atoms with E-state index >= 15 is 0 Å². The average Bonchev–Trinajstić information content (AvgIpc) is 2.98. The number of thiazole rings is 1. The molecule has 6 nitrogen and oxygen atoms in total. The maximum atomic E-state index is 12.4. The van der Waals surface area contributed by atoms with E-state index in [0.717, 1.165) is 17.0 Å². The van der Waals surface area contributed by atoms with Gasteiger partial charge in [0.25, 0.3) is 5.91 Å². The third-order valence-corrected chi connectivity index (χ3v) is 5.01. The maximum absolute atomic E-state index is 12.4. The van der Waals surface area contributed by atoms with E-state index in [0.29, 0.717) is 16.4 Å². The van der Waals surface area contributed by atoms with Gasteiger partial charge in [-0.05, 0) is 44.2 Å². The van der Waals surface area contributed by atoms with Crippen LogP contribution in [0.15, 0.2) is 36.9 Å². The highest BCUT2D eigenvalue weighted by Gasteiger charge is 2.26. The number of carbonyl (C=O) groups is 2. The summed E-state index contributed by atoms with van der Waals surface area (Å²) in [7, 11) is 0. The molecule has 0 aliphatic carbocycles. The topological polar surface area (TPSA) is 80.3 Å². The Hall–Kier alpha value is -2.51. The summed E-state index contributed by atoms with van der Waals surface area (Å²) < 4.78 is 5.79. The minimum absolute atomic E-state index is 0.00495. The molecule has 2 aromatic rings. The van der Waals surface area contributed by atoms with Crippen molar-refractivity contribution in [3.8, 4) is 0 Å². The molecule has 130 valence electrons. The van der Waals surface area contributed by atoms with Gasteiger partial charge in [0.2, 0.25) is 5.91 Å². The van der Waals surface area contributed by atoms with E-state index in [1.165, 1.54) is 17.4 Å². The van der Waals surface area contributed by atoms with E-state index < -0.39 is 0 Å². The SMILES string of the molecule is C=CC(=O)Nc1ccc(C(=O)Nc2nc3c(s2)[C@H](C)O[C@H](C)C3)cc1. The predicted molar refractivity (Wildman–Crippen MR) is 98.0 cm³/mol. The summed E-state index contributed by atoms with van der Waals surface area (Å²) >= 11 is 1.45. The molecule has 0 fully saturated rings. The second-order valence-corrected chi connectivity index (χ2v) is 6.88. The summed E-state index contributed by atoms with van der Waals surface area (Å²) in [5.41, 5.74) is 2.09. The molecule has 0 bridgehead atoms. The van der Waals surface area contributed by atoms with E-state index in [2.05, 4.69) is 22.2 Å². The molecule has 2 atom stereocenters. The van der Waals surface area contributed by atoms with Crippen LogP contribution in [0.1, 0.15) is 40.9 Å². The van der Waals surface area contributed by atoms with Crippen LogP contribution >= 0.6 is 11.3 Å². The quantitative estimate of drug-likeness (QED) is 0.820. The summed E-state index contributed by atoms with van der Waals surface area (Å²) in [5, 5.41) is 6.04. The van der Waals surface area contributed by atoms with Crippen molar-refractivity contribution in [3.05, 3.63) is 53.1 Å². The number of aromatic nitrogens is 1. The maximum Gasteiger partial charge on any atom is 0.257 e. The summed E-state index contributed by atoms with van der Waals surface area (Å²) in [6, 6.07) is 6.63. The van der Waals surface area contributed by atoms with Crippen LogP contribution in [-0.4, -0.2) is 22.9 Å². The van der Waals surface area contributed by atoms with E-state index in [1.807, 2.05) is 13.8 Å². The van der Waals surface area contributed by atoms with Gasteiger partial charge in [-0.1, -0.05) is 17.9 Å². The van der Waals surface area contributed by atoms with E-state index in [1.54, 1.807) is 24.3 Å². The molecule has 7 heteroatoms. The van der Waals surface area contributed by atoms with Crippen molar-refractivity contribution in [1.29, 1.82) is 0 Å². The van der Waals surface area contributed by atoms with Crippen LogP contribution in [0.4, 0.5) is 10.8 Å². The number of rotatable bonds is 4. The Kier molecular flexibility index (Phi) is 4.96. The van der Waals surface area contributed by atoms with E-state index in [9.17, 15) is 9.59 Å². The average molecular weight is 357 g/mol. The highest BCUT2D eigenvalue weighted by atomic mass is 32.1. The van der Waals surface area contributed by atoms with Gasteiger partial charge in [-0.3, -0.25) is 14.9 Å². The number of anilines is 2. The molecule has 1 aliphatic rings. The Morgan fingerprint density at radius 2 is 2.00 bits per heavy atom. The number of nitrogens with zero attached hydrogens (tertiary/aromatic N) is 1. The van der Waals surface area contributed by atoms with Crippen LogP contribution in [-0.2, 0) is 16.0 Å². The van der Waals surface area contributed by atoms with Crippen molar-refractivity contribution in [2.24, 2.45) is 0 Å². The Morgan fingerprint density at radius 1 is 1.28 bits per heavy atom. The van der Waals surface area contributed by atoms with Gasteiger partial charge < -0.3 is 10.1 Å². The predicted octanol–water partition coefficient (Wildman–Crippen LogP) is 3.54. The molecular weight excluding hydrogens is 338 g/mol. The van der Waals surface area contributed by atoms with Crippen molar-refractivity contribution in [1.82, 2.24) is 4.98 Å². The van der Waals surface area contributed by atoms with Gasteiger partial charge in [0, 0.05) is 17.7 Å². The smallest absolute Gasteiger partial charge is 0.257 e. The molecule has 0 saturated heterocycles. The molecule has 2 amide bonds. The second kappa shape index (κ2) is 7.16. The number of hydrogen-bond acceptors (Lipinski definition) is 5. The number of fused-ring (bicyclic) bond motifs is 1. The second-order valence-electron chi connectivity index (χ2n) is 5.85. The Bertz CT molecular complexity index is 813. The van der Waals surface area contributed by atoms with E-state index in [-0.39, 0.29) is 24.0 Å². The number of hydrogen-bond donors (Lipinski definition) is 2. The molecule has 2 N–H and O–H groups in total. The van der Waals surface area contributed by atoms with Crippen LogP contribution in [0.3, 0.4) is 0 Å². The zero-order chi connectivity index (χ0) is 18.0.